The molecule has 0 bridgehead atoms. The van der Waals surface area contributed by atoms with E-state index < -0.39 is 0 Å². The highest BCUT2D eigenvalue weighted by molar-refractivity contribution is 7.86. The van der Waals surface area contributed by atoms with Gasteiger partial charge in [0.1, 0.15) is 0 Å². The summed E-state index contributed by atoms with van der Waals surface area (Å²) in [7, 11) is -0.0316. The van der Waals surface area contributed by atoms with Crippen LogP contribution in [0.4, 0.5) is 0 Å². The van der Waals surface area contributed by atoms with Crippen molar-refractivity contribution in [3.63, 3.8) is 0 Å². The number of carbonyl (C=O) groups is 1. The average molecular weight is 133 g/mol. The van der Waals surface area contributed by atoms with Gasteiger partial charge in [-0.25, -0.2) is 0 Å². The van der Waals surface area contributed by atoms with Crippen LogP contribution in [0.1, 0.15) is 13.8 Å². The number of amides is 1. The van der Waals surface area contributed by atoms with E-state index >= 15 is 0 Å². The molecule has 0 aliphatic carbocycles. The SMILES string of the molecule is CCS(C)=NC(C)=O. The molecule has 0 radical (unpaired) electrons. The van der Waals surface area contributed by atoms with Crippen molar-refractivity contribution in [1.29, 1.82) is 0 Å². The second-order valence-corrected chi connectivity index (χ2v) is 3.46. The molecule has 0 fully saturated rings. The molecule has 0 rings (SSSR count). The highest BCUT2D eigenvalue weighted by Gasteiger charge is 1.84. The van der Waals surface area contributed by atoms with Gasteiger partial charge in [0.15, 0.2) is 0 Å². The fourth-order valence-electron chi connectivity index (χ4n) is 0.284. The van der Waals surface area contributed by atoms with Gasteiger partial charge in [0, 0.05) is 12.7 Å². The molecule has 8 heavy (non-hydrogen) atoms. The van der Waals surface area contributed by atoms with E-state index in [-0.39, 0.29) is 16.6 Å². The van der Waals surface area contributed by atoms with Crippen molar-refractivity contribution in [2.45, 2.75) is 13.8 Å². The zero-order valence-corrected chi connectivity index (χ0v) is 6.29. The molecule has 0 aromatic carbocycles. The molecule has 0 aliphatic heterocycles. The zero-order chi connectivity index (χ0) is 6.57. The molecule has 0 heterocycles. The fourth-order valence-corrected chi connectivity index (χ4v) is 0.852. The van der Waals surface area contributed by atoms with Crippen LogP contribution in [0.2, 0.25) is 0 Å². The second kappa shape index (κ2) is 3.78. The number of carbonyl (C=O) groups excluding carboxylic acids is 1. The van der Waals surface area contributed by atoms with Crippen LogP contribution >= 0.6 is 0 Å². The van der Waals surface area contributed by atoms with E-state index in [1.165, 1.54) is 6.92 Å². The maximum Gasteiger partial charge on any atom is 0.248 e. The molecule has 0 N–H and O–H groups in total. The summed E-state index contributed by atoms with van der Waals surface area (Å²) in [4.78, 5) is 10.3. The van der Waals surface area contributed by atoms with Gasteiger partial charge in [0.05, 0.1) is 0 Å². The Morgan fingerprint density at radius 3 is 2.38 bits per heavy atom. The fraction of sp³-hybridized carbons (Fsp3) is 0.800. The van der Waals surface area contributed by atoms with Crippen molar-refractivity contribution >= 4 is 16.6 Å². The molecule has 3 heteroatoms. The van der Waals surface area contributed by atoms with Crippen LogP contribution in [0.5, 0.6) is 0 Å². The minimum Gasteiger partial charge on any atom is -0.272 e. The largest absolute Gasteiger partial charge is 0.272 e. The van der Waals surface area contributed by atoms with Crippen molar-refractivity contribution in [3.05, 3.63) is 0 Å². The van der Waals surface area contributed by atoms with Crippen LogP contribution in [0.3, 0.4) is 0 Å². The smallest absolute Gasteiger partial charge is 0.248 e. The first-order valence-corrected chi connectivity index (χ1v) is 4.27. The average Bonchev–Trinajstić information content (AvgIpc) is 1.65. The molecular weight excluding hydrogens is 122 g/mol. The molecule has 1 atom stereocenters. The molecule has 0 spiro atoms. The first kappa shape index (κ1) is 7.82. The van der Waals surface area contributed by atoms with Crippen LogP contribution in [-0.4, -0.2) is 17.9 Å². The summed E-state index contributed by atoms with van der Waals surface area (Å²) in [6.45, 7) is 3.51. The summed E-state index contributed by atoms with van der Waals surface area (Å²) >= 11 is 0. The molecule has 2 nitrogen and oxygen atoms in total. The predicted molar refractivity (Wildman–Crippen MR) is 36.9 cm³/mol. The third kappa shape index (κ3) is 3.99. The standard InChI is InChI=1S/C5H11NOS/c1-4-8(3)6-5(2)7/h4H2,1-3H3. The monoisotopic (exact) mass is 133 g/mol. The molecule has 0 aliphatic rings. The van der Waals surface area contributed by atoms with Crippen LogP contribution < -0.4 is 0 Å². The van der Waals surface area contributed by atoms with Gasteiger partial charge in [-0.3, -0.25) is 4.79 Å². The van der Waals surface area contributed by atoms with Crippen LogP contribution in [0.25, 0.3) is 0 Å². The summed E-state index contributed by atoms with van der Waals surface area (Å²) in [6, 6.07) is 0. The highest BCUT2D eigenvalue weighted by Crippen LogP contribution is 1.82. The molecule has 48 valence electrons. The topological polar surface area (TPSA) is 29.4 Å². The Labute approximate surface area is 52.4 Å². The third-order valence-corrected chi connectivity index (χ3v) is 2.11. The number of hydrogen-bond donors (Lipinski definition) is 0. The Bertz CT molecular complexity index is 120. The predicted octanol–water partition coefficient (Wildman–Crippen LogP) is 0.984. The zero-order valence-electron chi connectivity index (χ0n) is 5.47. The molecule has 1 amide bonds. The third-order valence-electron chi connectivity index (χ3n) is 0.702. The van der Waals surface area contributed by atoms with Gasteiger partial charge in [-0.05, 0) is 6.26 Å². The van der Waals surface area contributed by atoms with E-state index in [1.807, 2.05) is 13.2 Å². The van der Waals surface area contributed by atoms with E-state index in [0.717, 1.165) is 5.75 Å². The second-order valence-electron chi connectivity index (χ2n) is 1.50. The summed E-state index contributed by atoms with van der Waals surface area (Å²) < 4.78 is 3.78. The number of hydrogen-bond acceptors (Lipinski definition) is 1. The van der Waals surface area contributed by atoms with Crippen LogP contribution in [-0.2, 0) is 15.5 Å². The van der Waals surface area contributed by atoms with E-state index in [4.69, 9.17) is 0 Å². The first-order valence-electron chi connectivity index (χ1n) is 2.51. The van der Waals surface area contributed by atoms with Crippen molar-refractivity contribution in [2.24, 2.45) is 4.36 Å². The minimum absolute atomic E-state index is 0.0316. The lowest BCUT2D eigenvalue weighted by Crippen LogP contribution is -1.92. The first-order chi connectivity index (χ1) is 3.66. The Hall–Kier alpha value is -0.180. The van der Waals surface area contributed by atoms with Crippen molar-refractivity contribution in [3.8, 4) is 0 Å². The van der Waals surface area contributed by atoms with Gasteiger partial charge in [-0.1, -0.05) is 17.6 Å². The Balaban J connectivity index is 3.75. The Kier molecular flexibility index (Phi) is 3.69. The van der Waals surface area contributed by atoms with Gasteiger partial charge in [0.25, 0.3) is 0 Å². The maximum absolute atomic E-state index is 10.3. The maximum atomic E-state index is 10.3. The van der Waals surface area contributed by atoms with Gasteiger partial charge < -0.3 is 0 Å². The van der Waals surface area contributed by atoms with Gasteiger partial charge >= 0.3 is 0 Å². The van der Waals surface area contributed by atoms with E-state index in [9.17, 15) is 4.79 Å². The van der Waals surface area contributed by atoms with E-state index in [2.05, 4.69) is 4.36 Å². The number of rotatable bonds is 1. The Morgan fingerprint density at radius 2 is 2.25 bits per heavy atom. The summed E-state index contributed by atoms with van der Waals surface area (Å²) in [5, 5.41) is 0. The molecule has 0 saturated carbocycles. The summed E-state index contributed by atoms with van der Waals surface area (Å²) in [5.74, 6) is 0.914. The van der Waals surface area contributed by atoms with Gasteiger partial charge in [-0.2, -0.15) is 4.36 Å². The minimum atomic E-state index is -0.0577. The summed E-state index contributed by atoms with van der Waals surface area (Å²) in [6.07, 6.45) is 1.96. The Morgan fingerprint density at radius 1 is 1.75 bits per heavy atom. The number of nitrogens with zero attached hydrogens (tertiary/aromatic N) is 1. The van der Waals surface area contributed by atoms with Crippen LogP contribution in [0.15, 0.2) is 4.36 Å². The molecule has 0 saturated heterocycles. The van der Waals surface area contributed by atoms with E-state index in [1.54, 1.807) is 0 Å². The van der Waals surface area contributed by atoms with Crippen molar-refractivity contribution in [1.82, 2.24) is 0 Å². The molecule has 0 aromatic heterocycles. The summed E-state index contributed by atoms with van der Waals surface area (Å²) in [5.41, 5.74) is 0. The molecule has 1 unspecified atom stereocenters. The normalized spacial score (nSPS) is 13.9. The molecule has 0 aromatic rings. The van der Waals surface area contributed by atoms with Crippen molar-refractivity contribution < 1.29 is 4.79 Å². The van der Waals surface area contributed by atoms with Gasteiger partial charge in [-0.15, -0.1) is 0 Å². The van der Waals surface area contributed by atoms with Gasteiger partial charge in [0.2, 0.25) is 5.91 Å². The van der Waals surface area contributed by atoms with E-state index in [0.29, 0.717) is 0 Å². The lowest BCUT2D eigenvalue weighted by molar-refractivity contribution is -0.115. The highest BCUT2D eigenvalue weighted by atomic mass is 32.2. The quantitative estimate of drug-likeness (QED) is 0.524. The van der Waals surface area contributed by atoms with Crippen molar-refractivity contribution in [2.75, 3.05) is 12.0 Å². The van der Waals surface area contributed by atoms with Crippen LogP contribution in [0, 0.1) is 0 Å². The lowest BCUT2D eigenvalue weighted by atomic mass is 10.8. The molecular formula is C5H11NOS. The lowest BCUT2D eigenvalue weighted by Gasteiger charge is -1.89.